The van der Waals surface area contributed by atoms with Crippen molar-refractivity contribution in [3.63, 3.8) is 0 Å². The molecule has 1 aliphatic carbocycles. The Morgan fingerprint density at radius 3 is 2.33 bits per heavy atom. The summed E-state index contributed by atoms with van der Waals surface area (Å²) in [5, 5.41) is 4.59. The molecule has 1 aliphatic heterocycles. The molecule has 1 heterocycles. The third-order valence-corrected chi connectivity index (χ3v) is 10.00. The average molecular weight is 628 g/mol. The van der Waals surface area contributed by atoms with Gasteiger partial charge in [0.1, 0.15) is 11.5 Å². The van der Waals surface area contributed by atoms with Crippen molar-refractivity contribution >= 4 is 38.4 Å². The van der Waals surface area contributed by atoms with Crippen LogP contribution in [0.25, 0.3) is 10.8 Å². The zero-order valence-corrected chi connectivity index (χ0v) is 26.7. The standard InChI is InChI=1S/C35H37N3O6S/c1-5-43-28-12-9-11-25-19-29(44-6-2)26-21-38(33(39)32(26)31(25)28)27-15-14-24(18-23(27)4)20-35(16-17-35)36-34(40)37-45(41,42)30-13-8-7-10-22(30)3/h7-15,18-19H,5-6,16-17,20-21H2,1-4H3,(H2,36,37,40). The van der Waals surface area contributed by atoms with Gasteiger partial charge in [0.25, 0.3) is 15.9 Å². The van der Waals surface area contributed by atoms with Gasteiger partial charge in [-0.05, 0) is 93.3 Å². The average Bonchev–Trinajstić information content (AvgIpc) is 3.64. The van der Waals surface area contributed by atoms with Crippen molar-refractivity contribution in [2.75, 3.05) is 18.1 Å². The highest BCUT2D eigenvalue weighted by Gasteiger charge is 2.44. The fraction of sp³-hybridized carbons (Fsp3) is 0.314. The zero-order valence-electron chi connectivity index (χ0n) is 25.9. The van der Waals surface area contributed by atoms with Crippen molar-refractivity contribution in [3.05, 3.63) is 94.5 Å². The van der Waals surface area contributed by atoms with Crippen LogP contribution in [0.5, 0.6) is 11.5 Å². The van der Waals surface area contributed by atoms with Crippen LogP contribution in [0.3, 0.4) is 0 Å². The smallest absolute Gasteiger partial charge is 0.329 e. The van der Waals surface area contributed by atoms with Gasteiger partial charge >= 0.3 is 6.03 Å². The number of nitrogens with one attached hydrogen (secondary N) is 2. The summed E-state index contributed by atoms with van der Waals surface area (Å²) in [4.78, 5) is 28.7. The molecular formula is C35H37N3O6S. The molecule has 0 atom stereocenters. The van der Waals surface area contributed by atoms with E-state index in [1.165, 1.54) is 6.07 Å². The molecule has 9 nitrogen and oxygen atoms in total. The van der Waals surface area contributed by atoms with Gasteiger partial charge in [0, 0.05) is 22.2 Å². The van der Waals surface area contributed by atoms with E-state index in [2.05, 4.69) is 10.0 Å². The van der Waals surface area contributed by atoms with E-state index in [1.807, 2.05) is 63.2 Å². The Hall–Kier alpha value is -4.57. The van der Waals surface area contributed by atoms with E-state index in [0.29, 0.717) is 48.8 Å². The normalized spacial score (nSPS) is 15.1. The molecule has 0 saturated heterocycles. The summed E-state index contributed by atoms with van der Waals surface area (Å²) in [5.41, 5.74) is 4.19. The first-order valence-electron chi connectivity index (χ1n) is 15.2. The monoisotopic (exact) mass is 627 g/mol. The van der Waals surface area contributed by atoms with Gasteiger partial charge in [0.15, 0.2) is 0 Å². The topological polar surface area (TPSA) is 114 Å². The number of fused-ring (bicyclic) bond motifs is 3. The molecule has 1 fully saturated rings. The highest BCUT2D eigenvalue weighted by atomic mass is 32.2. The fourth-order valence-corrected chi connectivity index (χ4v) is 7.42. The van der Waals surface area contributed by atoms with E-state index < -0.39 is 21.6 Å². The molecule has 0 aromatic heterocycles. The maximum Gasteiger partial charge on any atom is 0.329 e. The number of sulfonamides is 1. The summed E-state index contributed by atoms with van der Waals surface area (Å²) in [6.07, 6.45) is 2.01. The lowest BCUT2D eigenvalue weighted by atomic mass is 9.98. The first-order valence-corrected chi connectivity index (χ1v) is 16.7. The van der Waals surface area contributed by atoms with Crippen LogP contribution >= 0.6 is 0 Å². The maximum atomic E-state index is 14.1. The van der Waals surface area contributed by atoms with Crippen molar-refractivity contribution in [3.8, 4) is 11.5 Å². The molecule has 10 heteroatoms. The molecule has 45 heavy (non-hydrogen) atoms. The number of carbonyl (C=O) groups is 2. The predicted molar refractivity (Wildman–Crippen MR) is 174 cm³/mol. The summed E-state index contributed by atoms with van der Waals surface area (Å²) in [7, 11) is -4.00. The van der Waals surface area contributed by atoms with Gasteiger partial charge < -0.3 is 19.7 Å². The number of amides is 3. The highest BCUT2D eigenvalue weighted by molar-refractivity contribution is 7.90. The molecule has 0 bridgehead atoms. The minimum absolute atomic E-state index is 0.0744. The lowest BCUT2D eigenvalue weighted by molar-refractivity contribution is 0.0997. The summed E-state index contributed by atoms with van der Waals surface area (Å²) >= 11 is 0. The molecule has 0 unspecified atom stereocenters. The lowest BCUT2D eigenvalue weighted by Gasteiger charge is -2.22. The van der Waals surface area contributed by atoms with Crippen molar-refractivity contribution in [2.24, 2.45) is 0 Å². The largest absolute Gasteiger partial charge is 0.493 e. The van der Waals surface area contributed by atoms with Crippen LogP contribution in [0.2, 0.25) is 0 Å². The number of hydrogen-bond donors (Lipinski definition) is 2. The second-order valence-corrected chi connectivity index (χ2v) is 13.4. The van der Waals surface area contributed by atoms with Gasteiger partial charge in [-0.25, -0.2) is 17.9 Å². The van der Waals surface area contributed by atoms with E-state index >= 15 is 0 Å². The van der Waals surface area contributed by atoms with Gasteiger partial charge in [-0.1, -0.05) is 42.5 Å². The van der Waals surface area contributed by atoms with Crippen LogP contribution in [-0.4, -0.2) is 39.1 Å². The molecule has 3 amide bonds. The second-order valence-electron chi connectivity index (χ2n) is 11.7. The van der Waals surface area contributed by atoms with Gasteiger partial charge in [-0.3, -0.25) is 4.79 Å². The quantitative estimate of drug-likeness (QED) is 0.217. The van der Waals surface area contributed by atoms with Crippen molar-refractivity contribution in [1.82, 2.24) is 10.0 Å². The summed E-state index contributed by atoms with van der Waals surface area (Å²) in [6, 6.07) is 19.5. The molecule has 234 valence electrons. The predicted octanol–water partition coefficient (Wildman–Crippen LogP) is 6.18. The number of nitrogens with zero attached hydrogens (tertiary/aromatic N) is 1. The maximum absolute atomic E-state index is 14.1. The Kier molecular flexibility index (Phi) is 7.95. The molecule has 4 aromatic carbocycles. The lowest BCUT2D eigenvalue weighted by Crippen LogP contribution is -2.46. The fourth-order valence-electron chi connectivity index (χ4n) is 6.27. The van der Waals surface area contributed by atoms with Crippen molar-refractivity contribution in [1.29, 1.82) is 0 Å². The van der Waals surface area contributed by atoms with Crippen LogP contribution in [-0.2, 0) is 23.0 Å². The van der Waals surface area contributed by atoms with Crippen molar-refractivity contribution in [2.45, 2.75) is 63.9 Å². The number of hydrogen-bond acceptors (Lipinski definition) is 6. The molecular weight excluding hydrogens is 590 g/mol. The van der Waals surface area contributed by atoms with E-state index in [9.17, 15) is 18.0 Å². The second kappa shape index (κ2) is 11.7. The number of urea groups is 1. The van der Waals surface area contributed by atoms with E-state index in [0.717, 1.165) is 46.0 Å². The number of benzene rings is 4. The number of ether oxygens (including phenoxy) is 2. The Bertz CT molecular complexity index is 1930. The highest BCUT2D eigenvalue weighted by Crippen LogP contribution is 2.44. The molecule has 0 radical (unpaired) electrons. The molecule has 1 saturated carbocycles. The van der Waals surface area contributed by atoms with Crippen LogP contribution in [0, 0.1) is 13.8 Å². The molecule has 0 spiro atoms. The molecule has 6 rings (SSSR count). The van der Waals surface area contributed by atoms with Crippen LogP contribution in [0.4, 0.5) is 10.5 Å². The van der Waals surface area contributed by atoms with Crippen LogP contribution < -0.4 is 24.4 Å². The first-order chi connectivity index (χ1) is 21.6. The summed E-state index contributed by atoms with van der Waals surface area (Å²) in [6.45, 7) is 8.86. The number of aryl methyl sites for hydroxylation is 2. The van der Waals surface area contributed by atoms with Crippen molar-refractivity contribution < 1.29 is 27.5 Å². The molecule has 2 N–H and O–H groups in total. The van der Waals surface area contributed by atoms with Gasteiger partial charge in [-0.15, -0.1) is 0 Å². The summed E-state index contributed by atoms with van der Waals surface area (Å²) in [5.74, 6) is 1.27. The minimum atomic E-state index is -4.00. The van der Waals surface area contributed by atoms with E-state index in [4.69, 9.17) is 9.47 Å². The third kappa shape index (κ3) is 5.82. The van der Waals surface area contributed by atoms with E-state index in [1.54, 1.807) is 30.0 Å². The Balaban J connectivity index is 1.22. The molecule has 2 aliphatic rings. The Morgan fingerprint density at radius 1 is 0.911 bits per heavy atom. The minimum Gasteiger partial charge on any atom is -0.493 e. The third-order valence-electron chi connectivity index (χ3n) is 8.51. The summed E-state index contributed by atoms with van der Waals surface area (Å²) < 4.78 is 39.7. The number of carbonyl (C=O) groups excluding carboxylic acids is 2. The molecule has 4 aromatic rings. The Morgan fingerprint density at radius 2 is 1.64 bits per heavy atom. The number of rotatable bonds is 10. The van der Waals surface area contributed by atoms with Crippen LogP contribution in [0.1, 0.15) is 59.3 Å². The number of anilines is 1. The first kappa shape index (κ1) is 30.5. The van der Waals surface area contributed by atoms with E-state index in [-0.39, 0.29) is 10.8 Å². The van der Waals surface area contributed by atoms with Gasteiger partial charge in [0.2, 0.25) is 0 Å². The zero-order chi connectivity index (χ0) is 31.9. The Labute approximate surface area is 263 Å². The van der Waals surface area contributed by atoms with Gasteiger partial charge in [0.05, 0.1) is 30.2 Å². The van der Waals surface area contributed by atoms with Crippen LogP contribution in [0.15, 0.2) is 71.6 Å². The van der Waals surface area contributed by atoms with Gasteiger partial charge in [-0.2, -0.15) is 0 Å². The SMILES string of the molecule is CCOc1cc2cccc(OCC)c2c2c1CN(c1ccc(CC3(NC(=O)NS(=O)(=O)c4ccccc4C)CC3)cc1C)C2=O.